The summed E-state index contributed by atoms with van der Waals surface area (Å²) in [6.07, 6.45) is -0.359. The molecule has 0 aromatic carbocycles. The molecule has 1 aliphatic rings. The second-order valence-electron chi connectivity index (χ2n) is 4.71. The number of primary amides is 1. The van der Waals surface area contributed by atoms with Crippen molar-refractivity contribution >= 4 is 5.91 Å². The van der Waals surface area contributed by atoms with E-state index in [0.717, 1.165) is 6.54 Å². The van der Waals surface area contributed by atoms with Crippen molar-refractivity contribution in [3.63, 3.8) is 0 Å². The molecule has 0 aromatic heterocycles. The second-order valence-corrected chi connectivity index (χ2v) is 4.71. The lowest BCUT2D eigenvalue weighted by molar-refractivity contribution is -0.119. The zero-order chi connectivity index (χ0) is 10.9. The molecule has 0 bridgehead atoms. The minimum absolute atomic E-state index is 0.128. The molecule has 2 unspecified atom stereocenters. The van der Waals surface area contributed by atoms with Gasteiger partial charge in [-0.05, 0) is 0 Å². The number of rotatable bonds is 3. The predicted octanol–water partition coefficient (Wildman–Crippen LogP) is -1.50. The van der Waals surface area contributed by atoms with Gasteiger partial charge in [0.2, 0.25) is 5.91 Å². The summed E-state index contributed by atoms with van der Waals surface area (Å²) in [4.78, 5) is 12.7. The van der Waals surface area contributed by atoms with Crippen molar-refractivity contribution in [3.8, 4) is 0 Å². The number of hydrogen-bond donors (Lipinski definition) is 3. The summed E-state index contributed by atoms with van der Waals surface area (Å²) < 4.78 is 0. The van der Waals surface area contributed by atoms with E-state index < -0.39 is 11.9 Å². The summed E-state index contributed by atoms with van der Waals surface area (Å²) in [6.45, 7) is 5.72. The van der Waals surface area contributed by atoms with Gasteiger partial charge in [-0.15, -0.1) is 0 Å². The van der Waals surface area contributed by atoms with E-state index in [1.54, 1.807) is 0 Å². The average Bonchev–Trinajstić information content (AvgIpc) is 2.25. The average molecular weight is 201 g/mol. The van der Waals surface area contributed by atoms with E-state index in [2.05, 4.69) is 0 Å². The highest BCUT2D eigenvalue weighted by molar-refractivity contribution is 5.79. The molecular weight excluding hydrogens is 182 g/mol. The fourth-order valence-electron chi connectivity index (χ4n) is 1.75. The molecule has 1 aliphatic heterocycles. The summed E-state index contributed by atoms with van der Waals surface area (Å²) in [5.74, 6) is -0.496. The Labute approximate surface area is 84.0 Å². The van der Waals surface area contributed by atoms with Crippen LogP contribution in [0.4, 0.5) is 0 Å². The molecule has 0 aliphatic carbocycles. The van der Waals surface area contributed by atoms with E-state index in [4.69, 9.17) is 11.5 Å². The van der Waals surface area contributed by atoms with Crippen LogP contribution in [0.3, 0.4) is 0 Å². The Hall–Kier alpha value is -0.650. The number of carbonyl (C=O) groups is 1. The van der Waals surface area contributed by atoms with Crippen LogP contribution in [-0.2, 0) is 4.79 Å². The SMILES string of the molecule is CC1(C)CN(CC(N)C(N)=O)CC1O. The number of amides is 1. The summed E-state index contributed by atoms with van der Waals surface area (Å²) in [6, 6.07) is -0.643. The number of likely N-dealkylation sites (tertiary alicyclic amines) is 1. The third-order valence-electron chi connectivity index (χ3n) is 2.78. The first-order chi connectivity index (χ1) is 6.33. The zero-order valence-corrected chi connectivity index (χ0v) is 8.73. The topological polar surface area (TPSA) is 92.6 Å². The van der Waals surface area contributed by atoms with Gasteiger partial charge in [-0.3, -0.25) is 9.69 Å². The third kappa shape index (κ3) is 2.43. The highest BCUT2D eigenvalue weighted by atomic mass is 16.3. The number of nitrogens with zero attached hydrogens (tertiary/aromatic N) is 1. The van der Waals surface area contributed by atoms with Gasteiger partial charge >= 0.3 is 0 Å². The molecule has 0 radical (unpaired) electrons. The largest absolute Gasteiger partial charge is 0.391 e. The summed E-state index contributed by atoms with van der Waals surface area (Å²) in [5.41, 5.74) is 10.5. The van der Waals surface area contributed by atoms with Gasteiger partial charge in [-0.25, -0.2) is 0 Å². The highest BCUT2D eigenvalue weighted by Gasteiger charge is 2.38. The second kappa shape index (κ2) is 3.84. The van der Waals surface area contributed by atoms with Crippen LogP contribution in [-0.4, -0.2) is 47.7 Å². The molecule has 1 fully saturated rings. The highest BCUT2D eigenvalue weighted by Crippen LogP contribution is 2.29. The molecule has 0 aromatic rings. The monoisotopic (exact) mass is 201 g/mol. The van der Waals surface area contributed by atoms with Crippen molar-refractivity contribution in [2.75, 3.05) is 19.6 Å². The van der Waals surface area contributed by atoms with Gasteiger partial charge in [-0.2, -0.15) is 0 Å². The Bertz CT molecular complexity index is 230. The fraction of sp³-hybridized carbons (Fsp3) is 0.889. The van der Waals surface area contributed by atoms with Crippen molar-refractivity contribution in [2.24, 2.45) is 16.9 Å². The smallest absolute Gasteiger partial charge is 0.235 e. The Morgan fingerprint density at radius 3 is 2.64 bits per heavy atom. The summed E-state index contributed by atoms with van der Waals surface area (Å²) in [5, 5.41) is 9.68. The number of carbonyl (C=O) groups excluding carboxylic acids is 1. The molecule has 0 spiro atoms. The molecule has 5 N–H and O–H groups in total. The summed E-state index contributed by atoms with van der Waals surface area (Å²) >= 11 is 0. The molecule has 1 saturated heterocycles. The van der Waals surface area contributed by atoms with Crippen molar-refractivity contribution < 1.29 is 9.90 Å². The maximum atomic E-state index is 10.7. The lowest BCUT2D eigenvalue weighted by atomic mass is 9.90. The Morgan fingerprint density at radius 1 is 1.71 bits per heavy atom. The Morgan fingerprint density at radius 2 is 2.29 bits per heavy atom. The van der Waals surface area contributed by atoms with Gasteiger partial charge in [0.05, 0.1) is 12.1 Å². The van der Waals surface area contributed by atoms with E-state index in [1.807, 2.05) is 18.7 Å². The lowest BCUT2D eigenvalue weighted by Crippen LogP contribution is -2.45. The number of aliphatic hydroxyl groups excluding tert-OH is 1. The predicted molar refractivity (Wildman–Crippen MR) is 53.4 cm³/mol. The first kappa shape index (κ1) is 11.4. The van der Waals surface area contributed by atoms with Crippen molar-refractivity contribution in [3.05, 3.63) is 0 Å². The summed E-state index contributed by atoms with van der Waals surface area (Å²) in [7, 11) is 0. The van der Waals surface area contributed by atoms with Gasteiger partial charge in [0.25, 0.3) is 0 Å². The molecule has 5 heteroatoms. The minimum atomic E-state index is -0.643. The lowest BCUT2D eigenvalue weighted by Gasteiger charge is -2.22. The maximum Gasteiger partial charge on any atom is 0.235 e. The molecular formula is C9H19N3O2. The van der Waals surface area contributed by atoms with Crippen molar-refractivity contribution in [2.45, 2.75) is 26.0 Å². The maximum absolute atomic E-state index is 10.7. The zero-order valence-electron chi connectivity index (χ0n) is 8.73. The van der Waals surface area contributed by atoms with Gasteiger partial charge in [-0.1, -0.05) is 13.8 Å². The van der Waals surface area contributed by atoms with E-state index in [1.165, 1.54) is 0 Å². The normalized spacial score (nSPS) is 29.0. The van der Waals surface area contributed by atoms with Crippen LogP contribution in [0.5, 0.6) is 0 Å². The van der Waals surface area contributed by atoms with E-state index in [-0.39, 0.29) is 11.5 Å². The van der Waals surface area contributed by atoms with Gasteiger partial charge in [0, 0.05) is 25.0 Å². The van der Waals surface area contributed by atoms with Crippen LogP contribution in [0, 0.1) is 5.41 Å². The third-order valence-corrected chi connectivity index (χ3v) is 2.78. The van der Waals surface area contributed by atoms with Gasteiger partial charge < -0.3 is 16.6 Å². The Balaban J connectivity index is 2.47. The number of hydrogen-bond acceptors (Lipinski definition) is 4. The number of β-amino-alcohol motifs (C(OH)–C–C–N with tert-alkyl or cyclic N) is 1. The van der Waals surface area contributed by atoms with Crippen molar-refractivity contribution in [1.29, 1.82) is 0 Å². The molecule has 0 saturated carbocycles. The van der Waals surface area contributed by atoms with Crippen LogP contribution in [0.15, 0.2) is 0 Å². The van der Waals surface area contributed by atoms with E-state index in [9.17, 15) is 9.90 Å². The molecule has 2 atom stereocenters. The first-order valence-corrected chi connectivity index (χ1v) is 4.78. The quantitative estimate of drug-likeness (QED) is 0.518. The van der Waals surface area contributed by atoms with Gasteiger partial charge in [0.1, 0.15) is 0 Å². The van der Waals surface area contributed by atoms with Gasteiger partial charge in [0.15, 0.2) is 0 Å². The standard InChI is InChI=1S/C9H19N3O2/c1-9(2)5-12(4-7(9)13)3-6(10)8(11)14/h6-7,13H,3-5,10H2,1-2H3,(H2,11,14). The van der Waals surface area contributed by atoms with Crippen LogP contribution in [0.1, 0.15) is 13.8 Å². The van der Waals surface area contributed by atoms with E-state index >= 15 is 0 Å². The van der Waals surface area contributed by atoms with Crippen LogP contribution in [0.25, 0.3) is 0 Å². The fourth-order valence-corrected chi connectivity index (χ4v) is 1.75. The molecule has 82 valence electrons. The van der Waals surface area contributed by atoms with E-state index in [0.29, 0.717) is 13.1 Å². The molecule has 1 heterocycles. The number of nitrogens with two attached hydrogens (primary N) is 2. The minimum Gasteiger partial charge on any atom is -0.391 e. The molecule has 1 amide bonds. The van der Waals surface area contributed by atoms with Crippen LogP contribution < -0.4 is 11.5 Å². The first-order valence-electron chi connectivity index (χ1n) is 4.78. The Kier molecular flexibility index (Phi) is 3.14. The van der Waals surface area contributed by atoms with Crippen LogP contribution >= 0.6 is 0 Å². The van der Waals surface area contributed by atoms with Crippen LogP contribution in [0.2, 0.25) is 0 Å². The molecule has 1 rings (SSSR count). The number of aliphatic hydroxyl groups is 1. The van der Waals surface area contributed by atoms with Crippen molar-refractivity contribution in [1.82, 2.24) is 4.90 Å². The molecule has 14 heavy (non-hydrogen) atoms. The molecule has 5 nitrogen and oxygen atoms in total.